The molecule has 0 bridgehead atoms. The minimum atomic E-state index is -0.697. The highest BCUT2D eigenvalue weighted by Gasteiger charge is 2.14. The summed E-state index contributed by atoms with van der Waals surface area (Å²) in [5.41, 5.74) is 0.236. The molecule has 3 nitrogen and oxygen atoms in total. The summed E-state index contributed by atoms with van der Waals surface area (Å²) in [6.45, 7) is 0. The second kappa shape index (κ2) is 5.69. The zero-order chi connectivity index (χ0) is 14.7. The third-order valence-corrected chi connectivity index (χ3v) is 2.86. The lowest BCUT2D eigenvalue weighted by molar-refractivity contribution is 0.0600. The number of hydrogen-bond acceptors (Lipinski definition) is 3. The molecule has 104 valence electrons. The zero-order valence-electron chi connectivity index (χ0n) is 10.9. The Balaban J connectivity index is 2.46. The van der Waals surface area contributed by atoms with Crippen molar-refractivity contribution in [3.8, 4) is 16.9 Å². The molecule has 0 fully saturated rings. The van der Waals surface area contributed by atoms with Gasteiger partial charge in [0.05, 0.1) is 19.8 Å². The van der Waals surface area contributed by atoms with E-state index in [0.29, 0.717) is 5.75 Å². The average molecular weight is 278 g/mol. The van der Waals surface area contributed by atoms with Gasteiger partial charge in [0.15, 0.2) is 0 Å². The Morgan fingerprint density at radius 2 is 1.55 bits per heavy atom. The van der Waals surface area contributed by atoms with Gasteiger partial charge in [0.1, 0.15) is 17.4 Å². The second-order valence-electron chi connectivity index (χ2n) is 4.03. The Labute approximate surface area is 114 Å². The van der Waals surface area contributed by atoms with Crippen LogP contribution < -0.4 is 4.74 Å². The number of carbonyl (C=O) groups is 1. The largest absolute Gasteiger partial charge is 0.497 e. The fraction of sp³-hybridized carbons (Fsp3) is 0.133. The molecule has 2 aromatic carbocycles. The van der Waals surface area contributed by atoms with Gasteiger partial charge in [-0.2, -0.15) is 0 Å². The van der Waals surface area contributed by atoms with Gasteiger partial charge in [0, 0.05) is 17.2 Å². The van der Waals surface area contributed by atoms with Crippen LogP contribution in [0.25, 0.3) is 11.1 Å². The molecule has 0 aliphatic heterocycles. The Kier molecular flexibility index (Phi) is 3.98. The molecule has 0 atom stereocenters. The van der Waals surface area contributed by atoms with Gasteiger partial charge in [-0.15, -0.1) is 0 Å². The molecule has 0 saturated heterocycles. The van der Waals surface area contributed by atoms with Gasteiger partial charge in [-0.25, -0.2) is 13.6 Å². The second-order valence-corrected chi connectivity index (χ2v) is 4.03. The Hall–Kier alpha value is -2.43. The third kappa shape index (κ3) is 2.61. The van der Waals surface area contributed by atoms with Crippen LogP contribution in [-0.4, -0.2) is 20.2 Å². The molecular formula is C15H12F2O3. The summed E-state index contributed by atoms with van der Waals surface area (Å²) in [7, 11) is 2.62. The van der Waals surface area contributed by atoms with E-state index in [0.717, 1.165) is 6.07 Å². The molecule has 20 heavy (non-hydrogen) atoms. The van der Waals surface area contributed by atoms with Crippen molar-refractivity contribution in [3.05, 3.63) is 53.6 Å². The van der Waals surface area contributed by atoms with E-state index in [1.54, 1.807) is 0 Å². The molecular weight excluding hydrogens is 266 g/mol. The quantitative estimate of drug-likeness (QED) is 0.807. The highest BCUT2D eigenvalue weighted by Crippen LogP contribution is 2.28. The third-order valence-electron chi connectivity index (χ3n) is 2.86. The van der Waals surface area contributed by atoms with E-state index < -0.39 is 17.6 Å². The van der Waals surface area contributed by atoms with Crippen LogP contribution in [0.4, 0.5) is 8.78 Å². The number of rotatable bonds is 3. The highest BCUT2D eigenvalue weighted by molar-refractivity contribution is 5.90. The molecule has 0 N–H and O–H groups in total. The summed E-state index contributed by atoms with van der Waals surface area (Å²) in [5.74, 6) is -1.60. The smallest absolute Gasteiger partial charge is 0.337 e. The molecule has 0 aliphatic rings. The van der Waals surface area contributed by atoms with E-state index in [4.69, 9.17) is 4.74 Å². The molecule has 2 aromatic rings. The molecule has 0 unspecified atom stereocenters. The Morgan fingerprint density at radius 3 is 2.05 bits per heavy atom. The number of carbonyl (C=O) groups excluding carboxylic acids is 1. The van der Waals surface area contributed by atoms with Crippen LogP contribution in [0.5, 0.6) is 5.75 Å². The fourth-order valence-electron chi connectivity index (χ4n) is 1.82. The van der Waals surface area contributed by atoms with Crippen LogP contribution in [0.2, 0.25) is 0 Å². The molecule has 0 aromatic heterocycles. The maximum atomic E-state index is 14.0. The first-order chi connectivity index (χ1) is 9.56. The average Bonchev–Trinajstić information content (AvgIpc) is 2.46. The molecule has 0 heterocycles. The lowest BCUT2D eigenvalue weighted by Gasteiger charge is -2.08. The van der Waals surface area contributed by atoms with Gasteiger partial charge in [0.25, 0.3) is 0 Å². The number of halogens is 2. The van der Waals surface area contributed by atoms with Gasteiger partial charge in [-0.05, 0) is 24.3 Å². The van der Waals surface area contributed by atoms with E-state index in [1.807, 2.05) is 0 Å². The van der Waals surface area contributed by atoms with E-state index in [1.165, 1.54) is 44.6 Å². The summed E-state index contributed by atoms with van der Waals surface area (Å²) < 4.78 is 37.3. The topological polar surface area (TPSA) is 35.5 Å². The molecule has 0 spiro atoms. The molecule has 0 aliphatic carbocycles. The maximum Gasteiger partial charge on any atom is 0.337 e. The number of methoxy groups -OCH3 is 2. The summed E-state index contributed by atoms with van der Waals surface area (Å²) in [6, 6.07) is 7.87. The van der Waals surface area contributed by atoms with Gasteiger partial charge < -0.3 is 9.47 Å². The van der Waals surface area contributed by atoms with E-state index >= 15 is 0 Å². The summed E-state index contributed by atoms with van der Waals surface area (Å²) in [4.78, 5) is 11.3. The molecule has 0 radical (unpaired) electrons. The molecule has 2 rings (SSSR count). The molecule has 5 heteroatoms. The van der Waals surface area contributed by atoms with Crippen LogP contribution in [0.3, 0.4) is 0 Å². The summed E-state index contributed by atoms with van der Waals surface area (Å²) >= 11 is 0. The highest BCUT2D eigenvalue weighted by atomic mass is 19.1. The van der Waals surface area contributed by atoms with Gasteiger partial charge >= 0.3 is 5.97 Å². The minimum absolute atomic E-state index is 0.0674. The van der Waals surface area contributed by atoms with E-state index in [9.17, 15) is 13.6 Å². The van der Waals surface area contributed by atoms with E-state index in [-0.39, 0.29) is 16.7 Å². The van der Waals surface area contributed by atoms with Crippen molar-refractivity contribution in [3.63, 3.8) is 0 Å². The number of hydrogen-bond donors (Lipinski definition) is 0. The number of ether oxygens (including phenoxy) is 2. The standard InChI is InChI=1S/C15H12F2O3/c1-19-10-4-6-12(14(17)8-10)11-5-3-9(7-13(11)16)15(18)20-2/h3-8H,1-2H3. The van der Waals surface area contributed by atoms with Crippen molar-refractivity contribution in [2.24, 2.45) is 0 Å². The van der Waals surface area contributed by atoms with Crippen molar-refractivity contribution < 1.29 is 23.0 Å². The summed E-state index contributed by atoms with van der Waals surface area (Å²) in [6.07, 6.45) is 0. The lowest BCUT2D eigenvalue weighted by atomic mass is 10.0. The fourth-order valence-corrected chi connectivity index (χ4v) is 1.82. The van der Waals surface area contributed by atoms with Crippen molar-refractivity contribution in [1.29, 1.82) is 0 Å². The predicted molar refractivity (Wildman–Crippen MR) is 69.7 cm³/mol. The maximum absolute atomic E-state index is 14.0. The monoisotopic (exact) mass is 278 g/mol. The first-order valence-electron chi connectivity index (χ1n) is 5.78. The van der Waals surface area contributed by atoms with Crippen molar-refractivity contribution in [2.45, 2.75) is 0 Å². The van der Waals surface area contributed by atoms with Gasteiger partial charge in [-0.1, -0.05) is 6.07 Å². The SMILES string of the molecule is COC(=O)c1ccc(-c2ccc(OC)cc2F)c(F)c1. The van der Waals surface area contributed by atoms with E-state index in [2.05, 4.69) is 4.74 Å². The summed E-state index contributed by atoms with van der Waals surface area (Å²) in [5, 5.41) is 0. The predicted octanol–water partition coefficient (Wildman–Crippen LogP) is 3.43. The van der Waals surface area contributed by atoms with Crippen molar-refractivity contribution in [2.75, 3.05) is 14.2 Å². The van der Waals surface area contributed by atoms with Crippen LogP contribution in [0.1, 0.15) is 10.4 Å². The normalized spacial score (nSPS) is 10.2. The van der Waals surface area contributed by atoms with Crippen LogP contribution in [0.15, 0.2) is 36.4 Å². The number of benzene rings is 2. The van der Waals surface area contributed by atoms with Gasteiger partial charge in [0.2, 0.25) is 0 Å². The van der Waals surface area contributed by atoms with Crippen LogP contribution >= 0.6 is 0 Å². The first kappa shape index (κ1) is 14.0. The lowest BCUT2D eigenvalue weighted by Crippen LogP contribution is -2.02. The van der Waals surface area contributed by atoms with Crippen LogP contribution in [-0.2, 0) is 4.74 Å². The Bertz CT molecular complexity index is 654. The first-order valence-corrected chi connectivity index (χ1v) is 5.78. The minimum Gasteiger partial charge on any atom is -0.497 e. The van der Waals surface area contributed by atoms with Crippen molar-refractivity contribution in [1.82, 2.24) is 0 Å². The van der Waals surface area contributed by atoms with Crippen LogP contribution in [0, 0.1) is 11.6 Å². The molecule has 0 amide bonds. The Morgan fingerprint density at radius 1 is 0.950 bits per heavy atom. The number of esters is 1. The molecule has 0 saturated carbocycles. The van der Waals surface area contributed by atoms with Crippen molar-refractivity contribution >= 4 is 5.97 Å². The zero-order valence-corrected chi connectivity index (χ0v) is 10.9. The van der Waals surface area contributed by atoms with Gasteiger partial charge in [-0.3, -0.25) is 0 Å².